The van der Waals surface area contributed by atoms with Gasteiger partial charge in [0.2, 0.25) is 12.3 Å². The number of amides is 2. The number of likely N-dealkylation sites (tertiary alicyclic amines) is 1. The van der Waals surface area contributed by atoms with Crippen molar-refractivity contribution < 1.29 is 19.5 Å². The van der Waals surface area contributed by atoms with Crippen molar-refractivity contribution in [3.05, 3.63) is 11.6 Å². The van der Waals surface area contributed by atoms with Gasteiger partial charge in [-0.25, -0.2) is 4.79 Å². The summed E-state index contributed by atoms with van der Waals surface area (Å²) in [4.78, 5) is 36.5. The molecule has 0 radical (unpaired) electrons. The highest BCUT2D eigenvalue weighted by molar-refractivity contribution is 5.86. The van der Waals surface area contributed by atoms with E-state index in [1.54, 1.807) is 13.1 Å². The number of likely N-dealkylation sites (N-methyl/N-ethyl adjacent to an activating group) is 1. The SMILES string of the molecule is C/C(=C\C(C(C)C)N(C)C(=O)CNC=O)C(=O)O.CC(C)C.CC1CCCN(C)C1. The Hall–Kier alpha value is -1.89. The Labute approximate surface area is 183 Å². The first-order chi connectivity index (χ1) is 13.8. The molecule has 1 saturated heterocycles. The van der Waals surface area contributed by atoms with Crippen LogP contribution in [0.1, 0.15) is 61.3 Å². The summed E-state index contributed by atoms with van der Waals surface area (Å²) in [6, 6.07) is -0.318. The highest BCUT2D eigenvalue weighted by Crippen LogP contribution is 2.14. The van der Waals surface area contributed by atoms with E-state index >= 15 is 0 Å². The molecule has 7 nitrogen and oxygen atoms in total. The largest absolute Gasteiger partial charge is 0.478 e. The second-order valence-corrected chi connectivity index (χ2v) is 9.13. The molecular formula is C23H45N3O4. The Morgan fingerprint density at radius 2 is 1.77 bits per heavy atom. The normalized spacial score (nSPS) is 17.8. The van der Waals surface area contributed by atoms with Gasteiger partial charge in [-0.1, -0.05) is 47.6 Å². The van der Waals surface area contributed by atoms with E-state index in [2.05, 4.69) is 45.0 Å². The van der Waals surface area contributed by atoms with Crippen LogP contribution in [0.25, 0.3) is 0 Å². The first-order valence-corrected chi connectivity index (χ1v) is 10.9. The summed E-state index contributed by atoms with van der Waals surface area (Å²) >= 11 is 0. The number of carbonyl (C=O) groups excluding carboxylic acids is 2. The first-order valence-electron chi connectivity index (χ1n) is 10.9. The number of nitrogens with one attached hydrogen (secondary N) is 1. The van der Waals surface area contributed by atoms with E-state index in [9.17, 15) is 14.4 Å². The molecule has 1 heterocycles. The van der Waals surface area contributed by atoms with Crippen LogP contribution in [0.15, 0.2) is 11.6 Å². The Balaban J connectivity index is 0. The number of piperidine rings is 1. The molecule has 0 aromatic heterocycles. The lowest BCUT2D eigenvalue weighted by Crippen LogP contribution is -2.43. The number of carboxylic acid groups (broad SMARTS) is 1. The summed E-state index contributed by atoms with van der Waals surface area (Å²) in [5.74, 6) is 0.570. The molecule has 2 unspecified atom stereocenters. The van der Waals surface area contributed by atoms with E-state index in [0.717, 1.165) is 11.8 Å². The summed E-state index contributed by atoms with van der Waals surface area (Å²) in [7, 11) is 3.79. The van der Waals surface area contributed by atoms with Crippen LogP contribution in [0.2, 0.25) is 0 Å². The van der Waals surface area contributed by atoms with Gasteiger partial charge in [0.05, 0.1) is 12.6 Å². The highest BCUT2D eigenvalue weighted by Gasteiger charge is 2.21. The van der Waals surface area contributed by atoms with Gasteiger partial charge in [-0.15, -0.1) is 0 Å². The average molecular weight is 428 g/mol. The van der Waals surface area contributed by atoms with Crippen LogP contribution in [0.5, 0.6) is 0 Å². The van der Waals surface area contributed by atoms with Crippen LogP contribution < -0.4 is 5.32 Å². The Morgan fingerprint density at radius 1 is 1.23 bits per heavy atom. The molecular weight excluding hydrogens is 382 g/mol. The van der Waals surface area contributed by atoms with E-state index in [-0.39, 0.29) is 30.0 Å². The maximum Gasteiger partial charge on any atom is 0.331 e. The minimum atomic E-state index is -1.01. The minimum absolute atomic E-state index is 0.0736. The minimum Gasteiger partial charge on any atom is -0.478 e. The molecule has 1 aliphatic heterocycles. The molecule has 0 aliphatic carbocycles. The second kappa shape index (κ2) is 16.9. The number of hydrogen-bond donors (Lipinski definition) is 2. The lowest BCUT2D eigenvalue weighted by atomic mass is 10.00. The third kappa shape index (κ3) is 16.0. The fraction of sp³-hybridized carbons (Fsp3) is 0.783. The predicted molar refractivity (Wildman–Crippen MR) is 123 cm³/mol. The third-order valence-corrected chi connectivity index (χ3v) is 4.48. The van der Waals surface area contributed by atoms with Crippen LogP contribution in [0.4, 0.5) is 0 Å². The topological polar surface area (TPSA) is 90.0 Å². The molecule has 30 heavy (non-hydrogen) atoms. The van der Waals surface area contributed by atoms with Crippen molar-refractivity contribution in [2.75, 3.05) is 33.7 Å². The fourth-order valence-electron chi connectivity index (χ4n) is 2.92. The predicted octanol–water partition coefficient (Wildman–Crippen LogP) is 3.26. The van der Waals surface area contributed by atoms with E-state index in [1.165, 1.54) is 37.8 Å². The number of carboxylic acids is 1. The molecule has 2 N–H and O–H groups in total. The summed E-state index contributed by atoms with van der Waals surface area (Å²) < 4.78 is 0. The van der Waals surface area contributed by atoms with Crippen LogP contribution in [-0.4, -0.2) is 73.0 Å². The van der Waals surface area contributed by atoms with Crippen LogP contribution >= 0.6 is 0 Å². The number of rotatable bonds is 7. The molecule has 0 bridgehead atoms. The number of nitrogens with zero attached hydrogens (tertiary/aromatic N) is 2. The Kier molecular flexibility index (Phi) is 17.0. The molecule has 0 spiro atoms. The molecule has 0 aromatic rings. The zero-order chi connectivity index (χ0) is 23.9. The van der Waals surface area contributed by atoms with Crippen LogP contribution in [0, 0.1) is 17.8 Å². The van der Waals surface area contributed by atoms with Gasteiger partial charge in [-0.2, -0.15) is 0 Å². The monoisotopic (exact) mass is 427 g/mol. The van der Waals surface area contributed by atoms with Gasteiger partial charge in [0, 0.05) is 19.2 Å². The molecule has 0 aromatic carbocycles. The van der Waals surface area contributed by atoms with Gasteiger partial charge >= 0.3 is 5.97 Å². The van der Waals surface area contributed by atoms with Gasteiger partial charge in [0.1, 0.15) is 0 Å². The standard InChI is InChI=1S/C12H20N2O4.C7H15N.C4H10/c1-8(2)10(5-9(3)12(17)18)14(4)11(16)6-13-7-15;1-7-4-3-5-8(2)6-7;1-4(2)3/h5,7-8,10H,6H2,1-4H3,(H,13,15)(H,17,18);7H,3-6H2,1-2H3;4H,1-3H3/b9-5+;;. The van der Waals surface area contributed by atoms with Gasteiger partial charge in [-0.3, -0.25) is 9.59 Å². The number of aliphatic carboxylic acids is 1. The van der Waals surface area contributed by atoms with E-state index in [4.69, 9.17) is 5.11 Å². The maximum absolute atomic E-state index is 11.7. The first kappa shape index (κ1) is 30.3. The summed E-state index contributed by atoms with van der Waals surface area (Å²) in [5, 5.41) is 11.1. The van der Waals surface area contributed by atoms with E-state index in [1.807, 2.05) is 13.8 Å². The summed E-state index contributed by atoms with van der Waals surface area (Å²) in [6.45, 7) is 16.6. The van der Waals surface area contributed by atoms with Crippen molar-refractivity contribution in [1.82, 2.24) is 15.1 Å². The number of hydrogen-bond acceptors (Lipinski definition) is 4. The average Bonchev–Trinajstić information content (AvgIpc) is 2.62. The smallest absolute Gasteiger partial charge is 0.331 e. The highest BCUT2D eigenvalue weighted by atomic mass is 16.4. The van der Waals surface area contributed by atoms with Crippen molar-refractivity contribution in [2.24, 2.45) is 17.8 Å². The van der Waals surface area contributed by atoms with Crippen molar-refractivity contribution >= 4 is 18.3 Å². The molecule has 1 rings (SSSR count). The van der Waals surface area contributed by atoms with Gasteiger partial charge in [0.25, 0.3) is 0 Å². The maximum atomic E-state index is 11.7. The Morgan fingerprint density at radius 3 is 2.10 bits per heavy atom. The van der Waals surface area contributed by atoms with Crippen molar-refractivity contribution in [3.63, 3.8) is 0 Å². The Bertz CT molecular complexity index is 522. The fourth-order valence-corrected chi connectivity index (χ4v) is 2.92. The van der Waals surface area contributed by atoms with Gasteiger partial charge in [-0.05, 0) is 51.1 Å². The van der Waals surface area contributed by atoms with Crippen molar-refractivity contribution in [1.29, 1.82) is 0 Å². The summed E-state index contributed by atoms with van der Waals surface area (Å²) in [5.41, 5.74) is 0.191. The zero-order valence-electron chi connectivity index (χ0n) is 20.6. The van der Waals surface area contributed by atoms with Crippen molar-refractivity contribution in [2.45, 2.75) is 67.3 Å². The quantitative estimate of drug-likeness (QED) is 0.481. The second-order valence-electron chi connectivity index (χ2n) is 9.13. The molecule has 1 aliphatic rings. The zero-order valence-corrected chi connectivity index (χ0v) is 20.6. The lowest BCUT2D eigenvalue weighted by molar-refractivity contribution is -0.133. The van der Waals surface area contributed by atoms with E-state index < -0.39 is 5.97 Å². The third-order valence-electron chi connectivity index (χ3n) is 4.48. The molecule has 1 fully saturated rings. The molecule has 7 heteroatoms. The molecule has 0 saturated carbocycles. The van der Waals surface area contributed by atoms with Crippen LogP contribution in [0.3, 0.4) is 0 Å². The van der Waals surface area contributed by atoms with Crippen molar-refractivity contribution in [3.8, 4) is 0 Å². The molecule has 2 amide bonds. The summed E-state index contributed by atoms with van der Waals surface area (Å²) in [6.07, 6.45) is 4.84. The van der Waals surface area contributed by atoms with Crippen LogP contribution in [-0.2, 0) is 14.4 Å². The van der Waals surface area contributed by atoms with E-state index in [0.29, 0.717) is 6.41 Å². The molecule has 2 atom stereocenters. The number of carbonyl (C=O) groups is 3. The molecule has 176 valence electrons. The van der Waals surface area contributed by atoms with Gasteiger partial charge in [0.15, 0.2) is 0 Å². The lowest BCUT2D eigenvalue weighted by Gasteiger charge is -2.29. The van der Waals surface area contributed by atoms with Gasteiger partial charge < -0.3 is 20.2 Å².